The Kier molecular flexibility index (Phi) is 3.82. The summed E-state index contributed by atoms with van der Waals surface area (Å²) in [5, 5.41) is 0. The van der Waals surface area contributed by atoms with Gasteiger partial charge in [0, 0.05) is 7.05 Å². The van der Waals surface area contributed by atoms with Crippen LogP contribution < -0.4 is 5.73 Å². The van der Waals surface area contributed by atoms with Crippen molar-refractivity contribution < 1.29 is 17.2 Å². The molecule has 90 valence electrons. The minimum atomic E-state index is -3.94. The van der Waals surface area contributed by atoms with Crippen molar-refractivity contribution >= 4 is 15.7 Å². The molecule has 1 aromatic rings. The number of halogens is 2. The zero-order chi connectivity index (χ0) is 12.3. The quantitative estimate of drug-likeness (QED) is 0.815. The Labute approximate surface area is 92.7 Å². The van der Waals surface area contributed by atoms with Crippen LogP contribution in [0.15, 0.2) is 29.2 Å². The lowest BCUT2D eigenvalue weighted by atomic mass is 10.3. The van der Waals surface area contributed by atoms with Gasteiger partial charge in [-0.1, -0.05) is 12.1 Å². The van der Waals surface area contributed by atoms with E-state index in [-0.39, 0.29) is 10.6 Å². The van der Waals surface area contributed by atoms with E-state index in [1.54, 1.807) is 6.07 Å². The molecule has 0 aliphatic rings. The molecule has 0 amide bonds. The van der Waals surface area contributed by atoms with E-state index < -0.39 is 23.0 Å². The van der Waals surface area contributed by atoms with Crippen molar-refractivity contribution in [3.05, 3.63) is 24.3 Å². The molecular weight excluding hydrogens is 238 g/mol. The third kappa shape index (κ3) is 2.67. The van der Waals surface area contributed by atoms with E-state index >= 15 is 0 Å². The fourth-order valence-electron chi connectivity index (χ4n) is 1.18. The Bertz CT molecular complexity index is 462. The lowest BCUT2D eigenvalue weighted by Crippen LogP contribution is -2.31. The largest absolute Gasteiger partial charge is 0.398 e. The summed E-state index contributed by atoms with van der Waals surface area (Å²) in [5.74, 6) is 0. The van der Waals surface area contributed by atoms with Crippen LogP contribution in [-0.2, 0) is 10.0 Å². The van der Waals surface area contributed by atoms with Crippen molar-refractivity contribution in [2.24, 2.45) is 0 Å². The molecule has 0 fully saturated rings. The Morgan fingerprint density at radius 1 is 1.38 bits per heavy atom. The van der Waals surface area contributed by atoms with Crippen molar-refractivity contribution in [2.75, 3.05) is 19.3 Å². The molecule has 0 bridgehead atoms. The van der Waals surface area contributed by atoms with Crippen molar-refractivity contribution in [1.82, 2.24) is 4.31 Å². The van der Waals surface area contributed by atoms with E-state index in [9.17, 15) is 17.2 Å². The van der Waals surface area contributed by atoms with Crippen molar-refractivity contribution in [3.63, 3.8) is 0 Å². The number of rotatable bonds is 4. The van der Waals surface area contributed by atoms with Crippen LogP contribution in [-0.4, -0.2) is 32.7 Å². The molecule has 7 heteroatoms. The summed E-state index contributed by atoms with van der Waals surface area (Å²) >= 11 is 0. The van der Waals surface area contributed by atoms with Gasteiger partial charge in [0.1, 0.15) is 4.90 Å². The predicted molar refractivity (Wildman–Crippen MR) is 56.7 cm³/mol. The van der Waals surface area contributed by atoms with Gasteiger partial charge in [0.2, 0.25) is 10.0 Å². The van der Waals surface area contributed by atoms with Gasteiger partial charge in [0.25, 0.3) is 6.43 Å². The van der Waals surface area contributed by atoms with Gasteiger partial charge in [-0.15, -0.1) is 0 Å². The second-order valence-electron chi connectivity index (χ2n) is 3.21. The summed E-state index contributed by atoms with van der Waals surface area (Å²) < 4.78 is 48.4. The first-order chi connectivity index (χ1) is 7.35. The number of benzene rings is 1. The number of hydrogen-bond acceptors (Lipinski definition) is 3. The zero-order valence-electron chi connectivity index (χ0n) is 8.60. The van der Waals surface area contributed by atoms with E-state index in [1.165, 1.54) is 18.2 Å². The highest BCUT2D eigenvalue weighted by atomic mass is 32.2. The average Bonchev–Trinajstić information content (AvgIpc) is 2.16. The van der Waals surface area contributed by atoms with Crippen LogP contribution in [0.25, 0.3) is 0 Å². The summed E-state index contributed by atoms with van der Waals surface area (Å²) in [6.07, 6.45) is -2.72. The van der Waals surface area contributed by atoms with Crippen LogP contribution in [0.1, 0.15) is 0 Å². The number of anilines is 1. The Balaban J connectivity index is 3.08. The summed E-state index contributed by atoms with van der Waals surface area (Å²) in [5.41, 5.74) is 5.53. The molecule has 1 aromatic carbocycles. The van der Waals surface area contributed by atoms with Crippen LogP contribution in [0, 0.1) is 0 Å². The number of nitrogens with two attached hydrogens (primary N) is 1. The van der Waals surface area contributed by atoms with Gasteiger partial charge in [0.05, 0.1) is 12.2 Å². The summed E-state index contributed by atoms with van der Waals surface area (Å²) in [6, 6.07) is 5.75. The molecule has 0 unspecified atom stereocenters. The monoisotopic (exact) mass is 250 g/mol. The van der Waals surface area contributed by atoms with Gasteiger partial charge in [-0.05, 0) is 12.1 Å². The number of hydrogen-bond donors (Lipinski definition) is 1. The smallest absolute Gasteiger partial charge is 0.252 e. The average molecular weight is 250 g/mol. The summed E-state index contributed by atoms with van der Waals surface area (Å²) in [7, 11) is -2.85. The van der Waals surface area contributed by atoms with Gasteiger partial charge in [0.15, 0.2) is 0 Å². The number of alkyl halides is 2. The lowest BCUT2D eigenvalue weighted by Gasteiger charge is -2.17. The number of nitrogens with zero attached hydrogens (tertiary/aromatic N) is 1. The maximum absolute atomic E-state index is 12.1. The van der Waals surface area contributed by atoms with Crippen LogP contribution >= 0.6 is 0 Å². The molecule has 0 radical (unpaired) electrons. The van der Waals surface area contributed by atoms with Gasteiger partial charge < -0.3 is 5.73 Å². The molecule has 0 heterocycles. The minimum Gasteiger partial charge on any atom is -0.398 e. The highest BCUT2D eigenvalue weighted by molar-refractivity contribution is 7.89. The first kappa shape index (κ1) is 12.9. The fourth-order valence-corrected chi connectivity index (χ4v) is 2.44. The second kappa shape index (κ2) is 4.75. The Morgan fingerprint density at radius 3 is 2.44 bits per heavy atom. The standard InChI is InChI=1S/C9H12F2N2O2S/c1-13(6-9(10)11)16(14,15)8-5-3-2-4-7(8)12/h2-5,9H,6,12H2,1H3. The van der Waals surface area contributed by atoms with Gasteiger partial charge in [-0.2, -0.15) is 4.31 Å². The first-order valence-corrected chi connectivity index (χ1v) is 5.88. The lowest BCUT2D eigenvalue weighted by molar-refractivity contribution is 0.126. The first-order valence-electron chi connectivity index (χ1n) is 4.44. The fraction of sp³-hybridized carbons (Fsp3) is 0.333. The SMILES string of the molecule is CN(CC(F)F)S(=O)(=O)c1ccccc1N. The molecule has 4 nitrogen and oxygen atoms in total. The number of sulfonamides is 1. The topological polar surface area (TPSA) is 63.4 Å². The zero-order valence-corrected chi connectivity index (χ0v) is 9.42. The van der Waals surface area contributed by atoms with Crippen molar-refractivity contribution in [2.45, 2.75) is 11.3 Å². The number of nitrogen functional groups attached to an aromatic ring is 1. The summed E-state index contributed by atoms with van der Waals surface area (Å²) in [6.45, 7) is -0.851. The molecule has 0 atom stereocenters. The Morgan fingerprint density at radius 2 is 1.94 bits per heavy atom. The normalized spacial score (nSPS) is 12.3. The van der Waals surface area contributed by atoms with Crippen LogP contribution in [0.2, 0.25) is 0 Å². The van der Waals surface area contributed by atoms with Crippen LogP contribution in [0.4, 0.5) is 14.5 Å². The van der Waals surface area contributed by atoms with Gasteiger partial charge in [-0.25, -0.2) is 17.2 Å². The molecule has 0 aliphatic heterocycles. The highest BCUT2D eigenvalue weighted by Crippen LogP contribution is 2.21. The van der Waals surface area contributed by atoms with E-state index in [0.29, 0.717) is 4.31 Å². The molecule has 0 aliphatic carbocycles. The van der Waals surface area contributed by atoms with E-state index in [0.717, 1.165) is 7.05 Å². The van der Waals surface area contributed by atoms with E-state index in [1.807, 2.05) is 0 Å². The maximum Gasteiger partial charge on any atom is 0.252 e. The number of para-hydroxylation sites is 1. The molecule has 1 rings (SSSR count). The predicted octanol–water partition coefficient (Wildman–Crippen LogP) is 1.15. The highest BCUT2D eigenvalue weighted by Gasteiger charge is 2.25. The third-order valence-corrected chi connectivity index (χ3v) is 3.90. The molecule has 0 saturated heterocycles. The van der Waals surface area contributed by atoms with E-state index in [4.69, 9.17) is 5.73 Å². The molecule has 0 spiro atoms. The van der Waals surface area contributed by atoms with Gasteiger partial charge in [-0.3, -0.25) is 0 Å². The van der Waals surface area contributed by atoms with Crippen molar-refractivity contribution in [1.29, 1.82) is 0 Å². The maximum atomic E-state index is 12.1. The van der Waals surface area contributed by atoms with Crippen LogP contribution in [0.3, 0.4) is 0 Å². The minimum absolute atomic E-state index is 0.0450. The van der Waals surface area contributed by atoms with Gasteiger partial charge >= 0.3 is 0 Å². The van der Waals surface area contributed by atoms with Crippen LogP contribution in [0.5, 0.6) is 0 Å². The molecule has 0 aromatic heterocycles. The molecule has 0 saturated carbocycles. The Hall–Kier alpha value is -1.21. The van der Waals surface area contributed by atoms with Crippen molar-refractivity contribution in [3.8, 4) is 0 Å². The molecule has 2 N–H and O–H groups in total. The molecule has 16 heavy (non-hydrogen) atoms. The third-order valence-electron chi connectivity index (χ3n) is 2.00. The molecular formula is C9H12F2N2O2S. The van der Waals surface area contributed by atoms with E-state index in [2.05, 4.69) is 0 Å². The summed E-state index contributed by atoms with van der Waals surface area (Å²) in [4.78, 5) is -0.154. The second-order valence-corrected chi connectivity index (χ2v) is 5.23.